The number of hydrogen-bond acceptors (Lipinski definition) is 4. The van der Waals surface area contributed by atoms with Gasteiger partial charge in [-0.1, -0.05) is 0 Å². The van der Waals surface area contributed by atoms with Gasteiger partial charge in [0, 0.05) is 5.56 Å². The zero-order chi connectivity index (χ0) is 12.8. The zero-order valence-electron chi connectivity index (χ0n) is 9.62. The van der Waals surface area contributed by atoms with Crippen molar-refractivity contribution >= 4 is 28.6 Å². The second-order valence-electron chi connectivity index (χ2n) is 3.20. The number of ether oxygens (including phenoxy) is 2. The van der Waals surface area contributed by atoms with Crippen LogP contribution in [0.3, 0.4) is 0 Å². The van der Waals surface area contributed by atoms with E-state index >= 15 is 0 Å². The molecule has 0 unspecified atom stereocenters. The number of methoxy groups -OCH3 is 1. The van der Waals surface area contributed by atoms with E-state index in [0.29, 0.717) is 23.5 Å². The average Bonchev–Trinajstić information content (AvgIpc) is 2.30. The van der Waals surface area contributed by atoms with Gasteiger partial charge >= 0.3 is 5.97 Å². The molecule has 1 aromatic rings. The highest BCUT2D eigenvalue weighted by Crippen LogP contribution is 2.28. The summed E-state index contributed by atoms with van der Waals surface area (Å²) in [7, 11) is 1.52. The summed E-state index contributed by atoms with van der Waals surface area (Å²) in [5, 5.41) is 9.01. The zero-order valence-corrected chi connectivity index (χ0v) is 11.8. The van der Waals surface area contributed by atoms with E-state index in [4.69, 9.17) is 14.7 Å². The van der Waals surface area contributed by atoms with Crippen LogP contribution in [0.4, 0.5) is 0 Å². The first-order chi connectivity index (χ1) is 8.13. The number of carbonyl (C=O) groups is 1. The highest BCUT2D eigenvalue weighted by atomic mass is 127. The summed E-state index contributed by atoms with van der Waals surface area (Å²) in [6.45, 7) is 2.07. The number of benzene rings is 1. The molecule has 0 aliphatic rings. The summed E-state index contributed by atoms with van der Waals surface area (Å²) in [6, 6.07) is 5.52. The second kappa shape index (κ2) is 6.45. The normalized spacial score (nSPS) is 9.53. The van der Waals surface area contributed by atoms with Crippen molar-refractivity contribution in [1.29, 1.82) is 5.26 Å². The lowest BCUT2D eigenvalue weighted by Crippen LogP contribution is -2.10. The Kier molecular flexibility index (Phi) is 5.22. The van der Waals surface area contributed by atoms with Gasteiger partial charge in [-0.3, -0.25) is 4.79 Å². The summed E-state index contributed by atoms with van der Waals surface area (Å²) in [6.07, 6.45) is 0.0523. The van der Waals surface area contributed by atoms with Gasteiger partial charge in [0.25, 0.3) is 0 Å². The Morgan fingerprint density at radius 3 is 2.76 bits per heavy atom. The molecule has 90 valence electrons. The predicted molar refractivity (Wildman–Crippen MR) is 70.8 cm³/mol. The molecule has 0 N–H and O–H groups in total. The molecule has 1 aromatic carbocycles. The Hall–Kier alpha value is -1.29. The fourth-order valence-electron chi connectivity index (χ4n) is 1.46. The minimum absolute atomic E-state index is 0.0523. The fraction of sp³-hybridized carbons (Fsp3) is 0.333. The Morgan fingerprint density at radius 2 is 2.24 bits per heavy atom. The number of nitriles is 1. The standard InChI is InChI=1S/C12H12INO3/c1-3-17-11(15)6-9-8(7-14)4-5-10(13)12(9)16-2/h4-5H,3,6H2,1-2H3. The SMILES string of the molecule is CCOC(=O)Cc1c(C#N)ccc(I)c1OC. The first-order valence-corrected chi connectivity index (χ1v) is 6.13. The van der Waals surface area contributed by atoms with Crippen LogP contribution in [-0.4, -0.2) is 19.7 Å². The van der Waals surface area contributed by atoms with Crippen molar-refractivity contribution in [3.8, 4) is 11.8 Å². The molecule has 0 radical (unpaired) electrons. The van der Waals surface area contributed by atoms with E-state index in [-0.39, 0.29) is 12.4 Å². The third kappa shape index (κ3) is 3.33. The van der Waals surface area contributed by atoms with Gasteiger partial charge < -0.3 is 9.47 Å². The van der Waals surface area contributed by atoms with Gasteiger partial charge in [0.05, 0.1) is 35.3 Å². The molecule has 5 heteroatoms. The number of halogens is 1. The van der Waals surface area contributed by atoms with Crippen LogP contribution in [0.15, 0.2) is 12.1 Å². The summed E-state index contributed by atoms with van der Waals surface area (Å²) >= 11 is 2.10. The lowest BCUT2D eigenvalue weighted by atomic mass is 10.0. The molecule has 0 bridgehead atoms. The van der Waals surface area contributed by atoms with E-state index in [1.54, 1.807) is 19.1 Å². The maximum absolute atomic E-state index is 11.5. The number of hydrogen-bond donors (Lipinski definition) is 0. The van der Waals surface area contributed by atoms with Gasteiger partial charge in [-0.15, -0.1) is 0 Å². The molecule has 0 amide bonds. The van der Waals surface area contributed by atoms with Crippen molar-refractivity contribution in [2.75, 3.05) is 13.7 Å². The number of rotatable bonds is 4. The van der Waals surface area contributed by atoms with Crippen molar-refractivity contribution in [2.45, 2.75) is 13.3 Å². The maximum Gasteiger partial charge on any atom is 0.310 e. The van der Waals surface area contributed by atoms with Gasteiger partial charge in [0.1, 0.15) is 5.75 Å². The van der Waals surface area contributed by atoms with Gasteiger partial charge in [-0.2, -0.15) is 5.26 Å². The Balaban J connectivity index is 3.15. The summed E-state index contributed by atoms with van der Waals surface area (Å²) in [5.41, 5.74) is 1.02. The van der Waals surface area contributed by atoms with Gasteiger partial charge in [-0.25, -0.2) is 0 Å². The minimum Gasteiger partial charge on any atom is -0.495 e. The van der Waals surface area contributed by atoms with Crippen LogP contribution in [0.2, 0.25) is 0 Å². The summed E-state index contributed by atoms with van der Waals surface area (Å²) in [5.74, 6) is 0.210. The second-order valence-corrected chi connectivity index (χ2v) is 4.36. The summed E-state index contributed by atoms with van der Waals surface area (Å²) < 4.78 is 11.0. The Morgan fingerprint density at radius 1 is 1.53 bits per heavy atom. The molecule has 4 nitrogen and oxygen atoms in total. The molecule has 0 aliphatic heterocycles. The fourth-order valence-corrected chi connectivity index (χ4v) is 2.18. The van der Waals surface area contributed by atoms with Crippen LogP contribution in [0.5, 0.6) is 5.75 Å². The molecule has 0 spiro atoms. The Labute approximate surface area is 114 Å². The predicted octanol–water partition coefficient (Wildman–Crippen LogP) is 2.28. The molecule has 0 saturated carbocycles. The smallest absolute Gasteiger partial charge is 0.310 e. The van der Waals surface area contributed by atoms with E-state index < -0.39 is 0 Å². The number of nitrogens with zero attached hydrogens (tertiary/aromatic N) is 1. The van der Waals surface area contributed by atoms with Crippen molar-refractivity contribution in [1.82, 2.24) is 0 Å². The molecule has 0 saturated heterocycles. The number of carbonyl (C=O) groups excluding carboxylic acids is 1. The molecular formula is C12H12INO3. The van der Waals surface area contributed by atoms with E-state index in [1.807, 2.05) is 0 Å². The van der Waals surface area contributed by atoms with E-state index in [0.717, 1.165) is 3.57 Å². The monoisotopic (exact) mass is 345 g/mol. The number of esters is 1. The van der Waals surface area contributed by atoms with Gasteiger partial charge in [0.15, 0.2) is 0 Å². The van der Waals surface area contributed by atoms with Crippen LogP contribution in [0.25, 0.3) is 0 Å². The topological polar surface area (TPSA) is 59.3 Å². The van der Waals surface area contributed by atoms with Gasteiger partial charge in [0.2, 0.25) is 0 Å². The average molecular weight is 345 g/mol. The van der Waals surface area contributed by atoms with Crippen molar-refractivity contribution in [2.24, 2.45) is 0 Å². The largest absolute Gasteiger partial charge is 0.495 e. The van der Waals surface area contributed by atoms with E-state index in [9.17, 15) is 4.79 Å². The highest BCUT2D eigenvalue weighted by Gasteiger charge is 2.16. The van der Waals surface area contributed by atoms with Crippen LogP contribution < -0.4 is 4.74 Å². The van der Waals surface area contributed by atoms with E-state index in [1.165, 1.54) is 7.11 Å². The summed E-state index contributed by atoms with van der Waals surface area (Å²) in [4.78, 5) is 11.5. The van der Waals surface area contributed by atoms with Crippen molar-refractivity contribution in [3.05, 3.63) is 26.8 Å². The molecule has 1 rings (SSSR count). The molecule has 0 atom stereocenters. The van der Waals surface area contributed by atoms with Crippen molar-refractivity contribution < 1.29 is 14.3 Å². The third-order valence-electron chi connectivity index (χ3n) is 2.16. The highest BCUT2D eigenvalue weighted by molar-refractivity contribution is 14.1. The van der Waals surface area contributed by atoms with Crippen LogP contribution in [0, 0.1) is 14.9 Å². The molecule has 0 fully saturated rings. The molecular weight excluding hydrogens is 333 g/mol. The van der Waals surface area contributed by atoms with Crippen LogP contribution in [0.1, 0.15) is 18.1 Å². The first kappa shape index (κ1) is 13.8. The van der Waals surface area contributed by atoms with Crippen LogP contribution >= 0.6 is 22.6 Å². The Bertz CT molecular complexity index is 466. The lowest BCUT2D eigenvalue weighted by molar-refractivity contribution is -0.142. The van der Waals surface area contributed by atoms with E-state index in [2.05, 4.69) is 28.7 Å². The molecule has 0 aromatic heterocycles. The van der Waals surface area contributed by atoms with Crippen LogP contribution in [-0.2, 0) is 16.0 Å². The quantitative estimate of drug-likeness (QED) is 0.621. The minimum atomic E-state index is -0.357. The molecule has 17 heavy (non-hydrogen) atoms. The van der Waals surface area contributed by atoms with Crippen molar-refractivity contribution in [3.63, 3.8) is 0 Å². The third-order valence-corrected chi connectivity index (χ3v) is 3.01. The molecule has 0 heterocycles. The molecule has 0 aliphatic carbocycles. The lowest BCUT2D eigenvalue weighted by Gasteiger charge is -2.11. The van der Waals surface area contributed by atoms with Gasteiger partial charge in [-0.05, 0) is 41.6 Å². The first-order valence-electron chi connectivity index (χ1n) is 5.05. The maximum atomic E-state index is 11.5.